The molecule has 4 heteroatoms. The summed E-state index contributed by atoms with van der Waals surface area (Å²) < 4.78 is 4.86. The van der Waals surface area contributed by atoms with Gasteiger partial charge in [0.1, 0.15) is 0 Å². The third-order valence-corrected chi connectivity index (χ3v) is 1.85. The second-order valence-corrected chi connectivity index (χ2v) is 2.67. The van der Waals surface area contributed by atoms with Crippen molar-refractivity contribution in [3.05, 3.63) is 12.2 Å². The summed E-state index contributed by atoms with van der Waals surface area (Å²) in [5.74, 6) is -0.930. The van der Waals surface area contributed by atoms with Crippen molar-refractivity contribution in [2.45, 2.75) is 25.9 Å². The highest BCUT2D eigenvalue weighted by atomic mass is 31.0. The molecule has 0 heterocycles. The lowest BCUT2D eigenvalue weighted by Crippen LogP contribution is -2.05. The van der Waals surface area contributed by atoms with Gasteiger partial charge in [-0.05, 0) is 19.8 Å². The molecule has 2 unspecified atom stereocenters. The van der Waals surface area contributed by atoms with E-state index in [1.807, 2.05) is 6.92 Å². The van der Waals surface area contributed by atoms with Gasteiger partial charge in [0.25, 0.3) is 0 Å². The van der Waals surface area contributed by atoms with Gasteiger partial charge < -0.3 is 9.63 Å². The van der Waals surface area contributed by atoms with E-state index in [1.54, 1.807) is 0 Å². The number of rotatable bonds is 5. The van der Waals surface area contributed by atoms with Crippen LogP contribution in [0.4, 0.5) is 0 Å². The van der Waals surface area contributed by atoms with Crippen LogP contribution in [0.2, 0.25) is 0 Å². The molecule has 0 aliphatic heterocycles. The summed E-state index contributed by atoms with van der Waals surface area (Å²) in [6, 6.07) is 0. The summed E-state index contributed by atoms with van der Waals surface area (Å²) in [5.41, 5.74) is 0.235. The lowest BCUT2D eigenvalue weighted by molar-refractivity contribution is -0.132. The SMILES string of the molecule is C=C(CCC(C)OP)C(=O)O. The molecule has 0 aliphatic carbocycles. The van der Waals surface area contributed by atoms with Crippen LogP contribution in [-0.2, 0) is 9.32 Å². The zero-order valence-electron chi connectivity index (χ0n) is 6.54. The molecule has 3 nitrogen and oxygen atoms in total. The lowest BCUT2D eigenvalue weighted by Gasteiger charge is -2.07. The van der Waals surface area contributed by atoms with Gasteiger partial charge in [0.15, 0.2) is 0 Å². The van der Waals surface area contributed by atoms with Crippen LogP contribution in [0.1, 0.15) is 19.8 Å². The molecule has 2 atom stereocenters. The van der Waals surface area contributed by atoms with E-state index in [0.29, 0.717) is 12.8 Å². The van der Waals surface area contributed by atoms with Crippen LogP contribution in [0, 0.1) is 0 Å². The minimum absolute atomic E-state index is 0.0658. The Bertz CT molecular complexity index is 156. The Kier molecular flexibility index (Phi) is 5.08. The fourth-order valence-electron chi connectivity index (χ4n) is 0.552. The van der Waals surface area contributed by atoms with Crippen LogP contribution >= 0.6 is 9.47 Å². The molecule has 11 heavy (non-hydrogen) atoms. The summed E-state index contributed by atoms with van der Waals surface area (Å²) >= 11 is 0. The normalized spacial score (nSPS) is 12.5. The Morgan fingerprint density at radius 1 is 1.82 bits per heavy atom. The smallest absolute Gasteiger partial charge is 0.330 e. The Balaban J connectivity index is 3.54. The number of aliphatic carboxylic acids is 1. The molecule has 64 valence electrons. The predicted octanol–water partition coefficient (Wildman–Crippen LogP) is 1.60. The first-order valence-electron chi connectivity index (χ1n) is 3.34. The maximum absolute atomic E-state index is 10.3. The zero-order valence-corrected chi connectivity index (χ0v) is 7.69. The lowest BCUT2D eigenvalue weighted by atomic mass is 10.1. The van der Waals surface area contributed by atoms with Gasteiger partial charge in [-0.25, -0.2) is 4.79 Å². The van der Waals surface area contributed by atoms with Gasteiger partial charge in [0.2, 0.25) is 0 Å². The number of hydrogen-bond acceptors (Lipinski definition) is 2. The van der Waals surface area contributed by atoms with Crippen molar-refractivity contribution in [2.75, 3.05) is 0 Å². The third-order valence-electron chi connectivity index (χ3n) is 1.39. The first-order valence-corrected chi connectivity index (χ1v) is 3.81. The highest BCUT2D eigenvalue weighted by Crippen LogP contribution is 2.09. The van der Waals surface area contributed by atoms with Crippen molar-refractivity contribution in [1.82, 2.24) is 0 Å². The number of hydrogen-bond donors (Lipinski definition) is 1. The fourth-order valence-corrected chi connectivity index (χ4v) is 0.689. The van der Waals surface area contributed by atoms with E-state index in [2.05, 4.69) is 16.0 Å². The first kappa shape index (κ1) is 10.6. The Morgan fingerprint density at radius 3 is 2.73 bits per heavy atom. The van der Waals surface area contributed by atoms with E-state index in [4.69, 9.17) is 9.63 Å². The molecule has 0 aromatic rings. The Labute approximate surface area is 68.7 Å². The monoisotopic (exact) mass is 176 g/mol. The molecule has 0 saturated heterocycles. The summed E-state index contributed by atoms with van der Waals surface area (Å²) in [6.45, 7) is 5.28. The highest BCUT2D eigenvalue weighted by Gasteiger charge is 2.06. The Morgan fingerprint density at radius 2 is 2.36 bits per heavy atom. The van der Waals surface area contributed by atoms with E-state index in [-0.39, 0.29) is 11.7 Å². The highest BCUT2D eigenvalue weighted by molar-refractivity contribution is 7.09. The average Bonchev–Trinajstić information content (AvgIpc) is 1.99. The summed E-state index contributed by atoms with van der Waals surface area (Å²) in [5, 5.41) is 8.42. The second kappa shape index (κ2) is 5.28. The largest absolute Gasteiger partial charge is 0.478 e. The van der Waals surface area contributed by atoms with E-state index < -0.39 is 5.97 Å². The second-order valence-electron chi connectivity index (χ2n) is 2.39. The number of carboxylic acid groups (broad SMARTS) is 1. The van der Waals surface area contributed by atoms with Crippen molar-refractivity contribution >= 4 is 15.4 Å². The topological polar surface area (TPSA) is 46.5 Å². The molecule has 1 N–H and O–H groups in total. The molecule has 0 aromatic carbocycles. The van der Waals surface area contributed by atoms with Crippen molar-refractivity contribution < 1.29 is 14.4 Å². The van der Waals surface area contributed by atoms with Crippen molar-refractivity contribution in [2.24, 2.45) is 0 Å². The molecule has 0 aromatic heterocycles. The molecule has 0 spiro atoms. The quantitative estimate of drug-likeness (QED) is 0.511. The van der Waals surface area contributed by atoms with Crippen LogP contribution in [0.25, 0.3) is 0 Å². The van der Waals surface area contributed by atoms with E-state index in [9.17, 15) is 4.79 Å². The maximum atomic E-state index is 10.3. The summed E-state index contributed by atoms with van der Waals surface area (Å²) in [7, 11) is 2.15. The van der Waals surface area contributed by atoms with Gasteiger partial charge in [0, 0.05) is 15.0 Å². The maximum Gasteiger partial charge on any atom is 0.330 e. The third kappa shape index (κ3) is 4.93. The van der Waals surface area contributed by atoms with Gasteiger partial charge >= 0.3 is 5.97 Å². The minimum Gasteiger partial charge on any atom is -0.478 e. The fraction of sp³-hybridized carbons (Fsp3) is 0.571. The summed E-state index contributed by atoms with van der Waals surface area (Å²) in [4.78, 5) is 10.3. The number of carbonyl (C=O) groups is 1. The van der Waals surface area contributed by atoms with E-state index in [1.165, 1.54) is 0 Å². The van der Waals surface area contributed by atoms with Gasteiger partial charge in [-0.3, -0.25) is 0 Å². The van der Waals surface area contributed by atoms with Crippen LogP contribution in [0.3, 0.4) is 0 Å². The van der Waals surface area contributed by atoms with E-state index >= 15 is 0 Å². The van der Waals surface area contributed by atoms with Crippen LogP contribution < -0.4 is 0 Å². The van der Waals surface area contributed by atoms with Gasteiger partial charge in [-0.15, -0.1) is 0 Å². The molecule has 0 amide bonds. The molecule has 0 saturated carbocycles. The predicted molar refractivity (Wildman–Crippen MR) is 46.3 cm³/mol. The van der Waals surface area contributed by atoms with Gasteiger partial charge in [0.05, 0.1) is 6.10 Å². The molecular formula is C7H13O3P. The Hall–Kier alpha value is -0.400. The first-order chi connectivity index (χ1) is 5.07. The van der Waals surface area contributed by atoms with Gasteiger partial charge in [-0.2, -0.15) is 0 Å². The zero-order chi connectivity index (χ0) is 8.85. The molecular weight excluding hydrogens is 163 g/mol. The summed E-state index contributed by atoms with van der Waals surface area (Å²) in [6.07, 6.45) is 1.23. The number of carboxylic acids is 1. The van der Waals surface area contributed by atoms with E-state index in [0.717, 1.165) is 0 Å². The van der Waals surface area contributed by atoms with Crippen molar-refractivity contribution in [3.8, 4) is 0 Å². The van der Waals surface area contributed by atoms with Crippen LogP contribution in [0.5, 0.6) is 0 Å². The average molecular weight is 176 g/mol. The van der Waals surface area contributed by atoms with Crippen LogP contribution in [-0.4, -0.2) is 17.2 Å². The molecule has 0 radical (unpaired) electrons. The molecule has 0 bridgehead atoms. The van der Waals surface area contributed by atoms with Crippen molar-refractivity contribution in [1.29, 1.82) is 0 Å². The van der Waals surface area contributed by atoms with Gasteiger partial charge in [-0.1, -0.05) is 6.58 Å². The molecule has 0 aliphatic rings. The van der Waals surface area contributed by atoms with Crippen molar-refractivity contribution in [3.63, 3.8) is 0 Å². The molecule has 0 fully saturated rings. The van der Waals surface area contributed by atoms with Crippen LogP contribution in [0.15, 0.2) is 12.2 Å². The standard InChI is InChI=1S/C7H13O3P/c1-5(7(8)9)3-4-6(2)10-11/h6H,1,3-4,11H2,2H3,(H,8,9). The minimum atomic E-state index is -0.930. The molecule has 0 rings (SSSR count).